The molecule has 0 heterocycles. The first-order valence-corrected chi connectivity index (χ1v) is 7.22. The minimum absolute atomic E-state index is 0.367. The Kier molecular flexibility index (Phi) is 5.23. The smallest absolute Gasteiger partial charge is 0.161 e. The molecule has 0 saturated heterocycles. The Bertz CT molecular complexity index is 563. The summed E-state index contributed by atoms with van der Waals surface area (Å²) < 4.78 is 11.1. The summed E-state index contributed by atoms with van der Waals surface area (Å²) in [6, 6.07) is 15.4. The first kappa shape index (κ1) is 15.4. The molecule has 1 N–H and O–H groups in total. The van der Waals surface area contributed by atoms with Crippen LogP contribution in [0.5, 0.6) is 11.5 Å². The van der Waals surface area contributed by atoms with Gasteiger partial charge in [0.15, 0.2) is 11.5 Å². The minimum Gasteiger partial charge on any atom is -0.493 e. The fourth-order valence-corrected chi connectivity index (χ4v) is 2.20. The summed E-state index contributed by atoms with van der Waals surface area (Å²) in [5.41, 5.74) is 2.11. The lowest BCUT2D eigenvalue weighted by atomic mass is 10.0. The van der Waals surface area contributed by atoms with Crippen molar-refractivity contribution < 1.29 is 14.6 Å². The van der Waals surface area contributed by atoms with E-state index in [0.717, 1.165) is 12.0 Å². The van der Waals surface area contributed by atoms with E-state index in [0.29, 0.717) is 11.5 Å². The maximum absolute atomic E-state index is 10.4. The van der Waals surface area contributed by atoms with Gasteiger partial charge >= 0.3 is 0 Å². The second-order valence-corrected chi connectivity index (χ2v) is 5.01. The zero-order valence-electron chi connectivity index (χ0n) is 12.7. The van der Waals surface area contributed by atoms with Gasteiger partial charge in [0.25, 0.3) is 0 Å². The van der Waals surface area contributed by atoms with Gasteiger partial charge in [-0.2, -0.15) is 0 Å². The molecular formula is C18H22O3. The highest BCUT2D eigenvalue weighted by Crippen LogP contribution is 2.29. The molecule has 2 aromatic rings. The predicted octanol–water partition coefficient (Wildman–Crippen LogP) is 3.76. The van der Waals surface area contributed by atoms with Crippen molar-refractivity contribution in [3.05, 3.63) is 59.7 Å². The van der Waals surface area contributed by atoms with Crippen LogP contribution in [-0.4, -0.2) is 18.3 Å². The molecule has 0 aliphatic carbocycles. The number of aryl methyl sites for hydroxylation is 1. The first-order valence-electron chi connectivity index (χ1n) is 7.22. The van der Waals surface area contributed by atoms with Crippen LogP contribution in [0.2, 0.25) is 0 Å². The Hall–Kier alpha value is -2.00. The van der Waals surface area contributed by atoms with E-state index in [1.54, 1.807) is 7.11 Å². The maximum Gasteiger partial charge on any atom is 0.161 e. The average molecular weight is 286 g/mol. The summed E-state index contributed by atoms with van der Waals surface area (Å²) >= 11 is 0. The highest BCUT2D eigenvalue weighted by Gasteiger charge is 2.19. The Morgan fingerprint density at radius 3 is 2.19 bits per heavy atom. The monoisotopic (exact) mass is 286 g/mol. The zero-order valence-corrected chi connectivity index (χ0v) is 12.7. The van der Waals surface area contributed by atoms with Crippen molar-refractivity contribution in [2.45, 2.75) is 32.5 Å². The van der Waals surface area contributed by atoms with Gasteiger partial charge in [-0.15, -0.1) is 0 Å². The van der Waals surface area contributed by atoms with Crippen molar-refractivity contribution in [2.75, 3.05) is 7.11 Å². The molecule has 2 rings (SSSR count). The fraction of sp³-hybridized carbons (Fsp3) is 0.333. The number of para-hydroxylation sites is 2. The Labute approximate surface area is 126 Å². The molecule has 0 spiro atoms. The Morgan fingerprint density at radius 2 is 1.62 bits per heavy atom. The van der Waals surface area contributed by atoms with Crippen molar-refractivity contribution in [1.82, 2.24) is 0 Å². The lowest BCUT2D eigenvalue weighted by Gasteiger charge is -2.22. The highest BCUT2D eigenvalue weighted by atomic mass is 16.5. The van der Waals surface area contributed by atoms with Gasteiger partial charge in [0, 0.05) is 0 Å². The van der Waals surface area contributed by atoms with Gasteiger partial charge < -0.3 is 14.6 Å². The first-order chi connectivity index (χ1) is 10.2. The van der Waals surface area contributed by atoms with E-state index >= 15 is 0 Å². The van der Waals surface area contributed by atoms with Crippen molar-refractivity contribution >= 4 is 0 Å². The number of hydrogen-bond acceptors (Lipinski definition) is 3. The van der Waals surface area contributed by atoms with E-state index in [1.165, 1.54) is 5.56 Å². The standard InChI is InChI=1S/C18H22O3/c1-4-14-9-11-15(12-10-14)18(19)13(2)21-17-8-6-5-7-16(17)20-3/h5-13,18-19H,4H2,1-3H3. The van der Waals surface area contributed by atoms with E-state index in [9.17, 15) is 5.11 Å². The van der Waals surface area contributed by atoms with E-state index in [1.807, 2.05) is 55.5 Å². The maximum atomic E-state index is 10.4. The summed E-state index contributed by atoms with van der Waals surface area (Å²) in [4.78, 5) is 0. The molecule has 0 bridgehead atoms. The molecule has 3 heteroatoms. The fourth-order valence-electron chi connectivity index (χ4n) is 2.20. The number of benzene rings is 2. The zero-order chi connectivity index (χ0) is 15.2. The van der Waals surface area contributed by atoms with Crippen LogP contribution >= 0.6 is 0 Å². The number of aliphatic hydroxyl groups is 1. The molecule has 112 valence electrons. The predicted molar refractivity (Wildman–Crippen MR) is 83.9 cm³/mol. The average Bonchev–Trinajstić information content (AvgIpc) is 2.54. The number of hydrogen-bond donors (Lipinski definition) is 1. The van der Waals surface area contributed by atoms with Crippen molar-refractivity contribution in [1.29, 1.82) is 0 Å². The number of methoxy groups -OCH3 is 1. The van der Waals surface area contributed by atoms with Crippen LogP contribution in [-0.2, 0) is 6.42 Å². The molecule has 21 heavy (non-hydrogen) atoms. The quantitative estimate of drug-likeness (QED) is 0.878. The lowest BCUT2D eigenvalue weighted by Crippen LogP contribution is -2.22. The molecule has 0 aliphatic heterocycles. The summed E-state index contributed by atoms with van der Waals surface area (Å²) in [6.45, 7) is 3.96. The molecule has 2 aromatic carbocycles. The van der Waals surface area contributed by atoms with E-state index in [-0.39, 0.29) is 6.10 Å². The highest BCUT2D eigenvalue weighted by molar-refractivity contribution is 5.39. The summed E-state index contributed by atoms with van der Waals surface area (Å²) in [7, 11) is 1.60. The van der Waals surface area contributed by atoms with Gasteiger partial charge in [-0.3, -0.25) is 0 Å². The molecule has 0 saturated carbocycles. The summed E-state index contributed by atoms with van der Waals surface area (Å²) in [5, 5.41) is 10.4. The number of ether oxygens (including phenoxy) is 2. The molecule has 0 aromatic heterocycles. The normalized spacial score (nSPS) is 13.5. The van der Waals surface area contributed by atoms with Gasteiger partial charge in [0.2, 0.25) is 0 Å². The van der Waals surface area contributed by atoms with Crippen LogP contribution in [0.1, 0.15) is 31.1 Å². The second-order valence-electron chi connectivity index (χ2n) is 5.01. The van der Waals surface area contributed by atoms with E-state index in [4.69, 9.17) is 9.47 Å². The van der Waals surface area contributed by atoms with E-state index in [2.05, 4.69) is 6.92 Å². The van der Waals surface area contributed by atoms with Crippen molar-refractivity contribution in [2.24, 2.45) is 0 Å². The second kappa shape index (κ2) is 7.14. The third-order valence-corrected chi connectivity index (χ3v) is 3.56. The SMILES string of the molecule is CCc1ccc(C(O)C(C)Oc2ccccc2OC)cc1. The summed E-state index contributed by atoms with van der Waals surface area (Å²) in [6.07, 6.45) is -0.0569. The number of rotatable bonds is 6. The Balaban J connectivity index is 2.09. The topological polar surface area (TPSA) is 38.7 Å². The van der Waals surface area contributed by atoms with Gasteiger partial charge in [-0.25, -0.2) is 0 Å². The molecule has 0 aliphatic rings. The van der Waals surface area contributed by atoms with Crippen molar-refractivity contribution in [3.8, 4) is 11.5 Å². The van der Waals surface area contributed by atoms with Crippen LogP contribution in [0, 0.1) is 0 Å². The number of aliphatic hydroxyl groups excluding tert-OH is 1. The van der Waals surface area contributed by atoms with Crippen LogP contribution in [0.25, 0.3) is 0 Å². The molecule has 0 radical (unpaired) electrons. The molecule has 0 amide bonds. The molecule has 0 fully saturated rings. The molecule has 3 nitrogen and oxygen atoms in total. The Morgan fingerprint density at radius 1 is 1.00 bits per heavy atom. The van der Waals surface area contributed by atoms with Gasteiger partial charge in [0.05, 0.1) is 7.11 Å². The summed E-state index contributed by atoms with van der Waals surface area (Å²) in [5.74, 6) is 1.30. The molecule has 2 unspecified atom stereocenters. The minimum atomic E-state index is -0.680. The lowest BCUT2D eigenvalue weighted by molar-refractivity contribution is 0.0451. The molecule has 2 atom stereocenters. The third-order valence-electron chi connectivity index (χ3n) is 3.56. The van der Waals surface area contributed by atoms with E-state index < -0.39 is 6.10 Å². The van der Waals surface area contributed by atoms with Crippen LogP contribution < -0.4 is 9.47 Å². The van der Waals surface area contributed by atoms with Crippen LogP contribution in [0.3, 0.4) is 0 Å². The van der Waals surface area contributed by atoms with Gasteiger partial charge in [-0.1, -0.05) is 43.3 Å². The van der Waals surface area contributed by atoms with Crippen LogP contribution in [0.15, 0.2) is 48.5 Å². The largest absolute Gasteiger partial charge is 0.493 e. The van der Waals surface area contributed by atoms with Crippen molar-refractivity contribution in [3.63, 3.8) is 0 Å². The van der Waals surface area contributed by atoms with Crippen LogP contribution in [0.4, 0.5) is 0 Å². The van der Waals surface area contributed by atoms with Gasteiger partial charge in [-0.05, 0) is 36.6 Å². The molecular weight excluding hydrogens is 264 g/mol. The third kappa shape index (κ3) is 3.76. The van der Waals surface area contributed by atoms with Gasteiger partial charge in [0.1, 0.15) is 12.2 Å².